The third-order valence-corrected chi connectivity index (χ3v) is 5.28. The van der Waals surface area contributed by atoms with Crippen LogP contribution in [0.1, 0.15) is 28.9 Å². The Bertz CT molecular complexity index is 754. The third kappa shape index (κ3) is 3.99. The molecule has 1 unspecified atom stereocenters. The van der Waals surface area contributed by atoms with E-state index in [0.29, 0.717) is 35.0 Å². The molecule has 6 nitrogen and oxygen atoms in total. The molecule has 2 heterocycles. The number of carbonyl (C=O) groups excluding carboxylic acids is 2. The lowest BCUT2D eigenvalue weighted by atomic mass is 10.0. The second-order valence-electron chi connectivity index (χ2n) is 6.08. The lowest BCUT2D eigenvalue weighted by Crippen LogP contribution is -2.49. The van der Waals surface area contributed by atoms with Gasteiger partial charge in [-0.25, -0.2) is 0 Å². The first-order chi connectivity index (χ1) is 12.6. The predicted octanol–water partition coefficient (Wildman–Crippen LogP) is 3.40. The Kier molecular flexibility index (Phi) is 5.78. The summed E-state index contributed by atoms with van der Waals surface area (Å²) in [6.45, 7) is 0.594. The van der Waals surface area contributed by atoms with Crippen LogP contribution in [-0.4, -0.2) is 43.5 Å². The largest absolute Gasteiger partial charge is 0.497 e. The van der Waals surface area contributed by atoms with Crippen LogP contribution in [0, 0.1) is 0 Å². The van der Waals surface area contributed by atoms with Crippen LogP contribution >= 0.6 is 11.3 Å². The minimum absolute atomic E-state index is 0.0805. The third-order valence-electron chi connectivity index (χ3n) is 4.42. The number of thiophene rings is 1. The van der Waals surface area contributed by atoms with Gasteiger partial charge in [0.15, 0.2) is 0 Å². The fourth-order valence-corrected chi connectivity index (χ4v) is 3.77. The molecule has 26 heavy (non-hydrogen) atoms. The zero-order valence-corrected chi connectivity index (χ0v) is 15.7. The number of piperidine rings is 1. The zero-order valence-electron chi connectivity index (χ0n) is 14.9. The molecule has 1 aliphatic heterocycles. The highest BCUT2D eigenvalue weighted by atomic mass is 32.1. The van der Waals surface area contributed by atoms with E-state index in [4.69, 9.17) is 9.47 Å². The Morgan fingerprint density at radius 1 is 1.15 bits per heavy atom. The van der Waals surface area contributed by atoms with E-state index in [1.165, 1.54) is 11.3 Å². The van der Waals surface area contributed by atoms with Gasteiger partial charge < -0.3 is 19.7 Å². The van der Waals surface area contributed by atoms with Crippen molar-refractivity contribution in [3.8, 4) is 11.5 Å². The second kappa shape index (κ2) is 8.23. The van der Waals surface area contributed by atoms with E-state index in [0.717, 1.165) is 12.8 Å². The van der Waals surface area contributed by atoms with Crippen LogP contribution in [0.5, 0.6) is 11.5 Å². The first-order valence-corrected chi connectivity index (χ1v) is 9.38. The fraction of sp³-hybridized carbons (Fsp3) is 0.368. The van der Waals surface area contributed by atoms with E-state index in [2.05, 4.69) is 5.32 Å². The molecule has 1 aliphatic rings. The maximum Gasteiger partial charge on any atom is 0.264 e. The van der Waals surface area contributed by atoms with Gasteiger partial charge in [-0.3, -0.25) is 9.59 Å². The molecule has 1 N–H and O–H groups in total. The average molecular weight is 374 g/mol. The van der Waals surface area contributed by atoms with Crippen molar-refractivity contribution in [2.24, 2.45) is 0 Å². The minimum atomic E-state index is -0.476. The number of benzene rings is 1. The summed E-state index contributed by atoms with van der Waals surface area (Å²) in [5.74, 6) is 0.914. The summed E-state index contributed by atoms with van der Waals surface area (Å²) in [5, 5.41) is 4.77. The summed E-state index contributed by atoms with van der Waals surface area (Å²) in [6.07, 6.45) is 2.49. The molecule has 3 rings (SSSR count). The Hall–Kier alpha value is -2.54. The van der Waals surface area contributed by atoms with Gasteiger partial charge >= 0.3 is 0 Å². The summed E-state index contributed by atoms with van der Waals surface area (Å²) >= 11 is 1.40. The molecule has 7 heteroatoms. The molecule has 0 aliphatic carbocycles. The Labute approximate surface area is 156 Å². The topological polar surface area (TPSA) is 67.9 Å². The summed E-state index contributed by atoms with van der Waals surface area (Å²) < 4.78 is 10.5. The van der Waals surface area contributed by atoms with E-state index in [-0.39, 0.29) is 11.8 Å². The van der Waals surface area contributed by atoms with Gasteiger partial charge in [0, 0.05) is 30.4 Å². The number of nitrogens with one attached hydrogen (secondary N) is 1. The van der Waals surface area contributed by atoms with E-state index in [9.17, 15) is 9.59 Å². The van der Waals surface area contributed by atoms with Crippen LogP contribution in [-0.2, 0) is 4.79 Å². The SMILES string of the molecule is COc1cc(NC(=O)C2CCCCN2C(=O)c2cccs2)cc(OC)c1. The van der Waals surface area contributed by atoms with Gasteiger partial charge in [0.2, 0.25) is 5.91 Å². The molecule has 0 radical (unpaired) electrons. The number of anilines is 1. The van der Waals surface area contributed by atoms with Gasteiger partial charge in [0.25, 0.3) is 5.91 Å². The van der Waals surface area contributed by atoms with Crippen LogP contribution in [0.25, 0.3) is 0 Å². The lowest BCUT2D eigenvalue weighted by molar-refractivity contribution is -0.121. The van der Waals surface area contributed by atoms with Crippen LogP contribution in [0.15, 0.2) is 35.7 Å². The van der Waals surface area contributed by atoms with Crippen molar-refractivity contribution in [1.82, 2.24) is 4.90 Å². The molecular weight excluding hydrogens is 352 g/mol. The van der Waals surface area contributed by atoms with Gasteiger partial charge in [-0.1, -0.05) is 6.07 Å². The first-order valence-electron chi connectivity index (χ1n) is 8.51. The van der Waals surface area contributed by atoms with Crippen molar-refractivity contribution in [3.05, 3.63) is 40.6 Å². The van der Waals surface area contributed by atoms with Crippen molar-refractivity contribution in [2.75, 3.05) is 26.1 Å². The molecule has 1 fully saturated rings. The summed E-state index contributed by atoms with van der Waals surface area (Å²) in [7, 11) is 3.12. The Morgan fingerprint density at radius 2 is 1.88 bits per heavy atom. The van der Waals surface area contributed by atoms with Crippen molar-refractivity contribution >= 4 is 28.8 Å². The molecule has 2 amide bonds. The number of rotatable bonds is 5. The standard InChI is InChI=1S/C19H22N2O4S/c1-24-14-10-13(11-15(12-14)25-2)20-18(22)16-6-3-4-8-21(16)19(23)17-7-5-9-26-17/h5,7,9-12,16H,3-4,6,8H2,1-2H3,(H,20,22). The molecule has 2 aromatic rings. The highest BCUT2D eigenvalue weighted by Crippen LogP contribution is 2.27. The maximum absolute atomic E-state index is 12.9. The molecule has 0 spiro atoms. The fourth-order valence-electron chi connectivity index (χ4n) is 3.09. The molecule has 0 saturated carbocycles. The van der Waals surface area contributed by atoms with E-state index in [1.807, 2.05) is 11.4 Å². The quantitative estimate of drug-likeness (QED) is 0.871. The molecule has 1 aromatic heterocycles. The number of hydrogen-bond acceptors (Lipinski definition) is 5. The Morgan fingerprint density at radius 3 is 2.50 bits per heavy atom. The van der Waals surface area contributed by atoms with Crippen molar-refractivity contribution < 1.29 is 19.1 Å². The molecule has 138 valence electrons. The van der Waals surface area contributed by atoms with Crippen LogP contribution in [0.2, 0.25) is 0 Å². The summed E-state index contributed by atoms with van der Waals surface area (Å²) in [5.41, 5.74) is 0.584. The zero-order chi connectivity index (χ0) is 18.5. The number of methoxy groups -OCH3 is 2. The number of likely N-dealkylation sites (tertiary alicyclic amines) is 1. The number of nitrogens with zero attached hydrogens (tertiary/aromatic N) is 1. The Balaban J connectivity index is 1.78. The van der Waals surface area contributed by atoms with Crippen LogP contribution in [0.4, 0.5) is 5.69 Å². The molecular formula is C19H22N2O4S. The highest BCUT2D eigenvalue weighted by Gasteiger charge is 2.33. The smallest absolute Gasteiger partial charge is 0.264 e. The molecule has 1 aromatic carbocycles. The van der Waals surface area contributed by atoms with Gasteiger partial charge in [0.1, 0.15) is 17.5 Å². The predicted molar refractivity (Wildman–Crippen MR) is 101 cm³/mol. The van der Waals surface area contributed by atoms with Gasteiger partial charge in [0.05, 0.1) is 19.1 Å². The number of ether oxygens (including phenoxy) is 2. The second-order valence-corrected chi connectivity index (χ2v) is 7.03. The lowest BCUT2D eigenvalue weighted by Gasteiger charge is -2.34. The molecule has 1 saturated heterocycles. The molecule has 1 atom stereocenters. The van der Waals surface area contributed by atoms with Crippen LogP contribution in [0.3, 0.4) is 0 Å². The number of amides is 2. The van der Waals surface area contributed by atoms with Gasteiger partial charge in [-0.2, -0.15) is 0 Å². The monoisotopic (exact) mass is 374 g/mol. The van der Waals surface area contributed by atoms with E-state index in [1.54, 1.807) is 43.4 Å². The van der Waals surface area contributed by atoms with E-state index < -0.39 is 6.04 Å². The number of hydrogen-bond donors (Lipinski definition) is 1. The van der Waals surface area contributed by atoms with Crippen molar-refractivity contribution in [3.63, 3.8) is 0 Å². The first kappa shape index (κ1) is 18.3. The maximum atomic E-state index is 12.9. The van der Waals surface area contributed by atoms with Crippen molar-refractivity contribution in [1.29, 1.82) is 0 Å². The van der Waals surface area contributed by atoms with E-state index >= 15 is 0 Å². The van der Waals surface area contributed by atoms with Gasteiger partial charge in [-0.05, 0) is 30.7 Å². The number of carbonyl (C=O) groups is 2. The minimum Gasteiger partial charge on any atom is -0.497 e. The summed E-state index contributed by atoms with van der Waals surface area (Å²) in [6, 6.07) is 8.37. The molecule has 0 bridgehead atoms. The van der Waals surface area contributed by atoms with Crippen LogP contribution < -0.4 is 14.8 Å². The van der Waals surface area contributed by atoms with Crippen molar-refractivity contribution in [2.45, 2.75) is 25.3 Å². The normalized spacial score (nSPS) is 16.8. The highest BCUT2D eigenvalue weighted by molar-refractivity contribution is 7.12. The van der Waals surface area contributed by atoms with Gasteiger partial charge in [-0.15, -0.1) is 11.3 Å². The average Bonchev–Trinajstić information content (AvgIpc) is 3.21. The summed E-state index contributed by atoms with van der Waals surface area (Å²) in [4.78, 5) is 28.0.